The van der Waals surface area contributed by atoms with Crippen LogP contribution in [0.5, 0.6) is 5.75 Å². The van der Waals surface area contributed by atoms with Crippen LogP contribution in [0.3, 0.4) is 0 Å². The number of oxazole rings is 1. The average Bonchev–Trinajstić information content (AvgIpc) is 2.78. The molecule has 0 aliphatic heterocycles. The molecule has 1 heterocycles. The summed E-state index contributed by atoms with van der Waals surface area (Å²) in [5, 5.41) is 0. The molecule has 0 bridgehead atoms. The van der Waals surface area contributed by atoms with Gasteiger partial charge in [0.05, 0.1) is 19.3 Å². The van der Waals surface area contributed by atoms with Crippen LogP contribution in [-0.4, -0.2) is 12.1 Å². The van der Waals surface area contributed by atoms with Crippen molar-refractivity contribution in [3.05, 3.63) is 36.4 Å². The number of ether oxygens (including phenoxy) is 1. The molecule has 1 aromatic carbocycles. The molecule has 0 aliphatic carbocycles. The van der Waals surface area contributed by atoms with E-state index < -0.39 is 0 Å². The Hall–Kier alpha value is -1.81. The molecule has 1 unspecified atom stereocenters. The third-order valence-corrected chi connectivity index (χ3v) is 2.27. The Bertz CT molecular complexity index is 477. The van der Waals surface area contributed by atoms with Crippen LogP contribution in [0.2, 0.25) is 0 Å². The molecule has 0 aliphatic rings. The van der Waals surface area contributed by atoms with E-state index in [9.17, 15) is 0 Å². The molecule has 2 N–H and O–H groups in total. The zero-order valence-electron chi connectivity index (χ0n) is 9.31. The summed E-state index contributed by atoms with van der Waals surface area (Å²) in [4.78, 5) is 4.12. The van der Waals surface area contributed by atoms with Crippen LogP contribution in [0.1, 0.15) is 18.9 Å². The number of hydrogen-bond donors (Lipinski definition) is 1. The zero-order valence-corrected chi connectivity index (χ0v) is 9.31. The largest absolute Gasteiger partial charge is 0.497 e. The normalized spacial score (nSPS) is 12.4. The summed E-state index contributed by atoms with van der Waals surface area (Å²) in [5.41, 5.74) is 6.61. The van der Waals surface area contributed by atoms with Gasteiger partial charge in [-0.15, -0.1) is 0 Å². The highest BCUT2D eigenvalue weighted by Gasteiger charge is 2.09. The SMILES string of the molecule is COc1cccc(-c2cnc(C(C)N)o2)c1. The molecule has 0 amide bonds. The average molecular weight is 218 g/mol. The molecule has 0 fully saturated rings. The van der Waals surface area contributed by atoms with Gasteiger partial charge in [0.25, 0.3) is 0 Å². The van der Waals surface area contributed by atoms with Crippen molar-refractivity contribution in [2.24, 2.45) is 5.73 Å². The van der Waals surface area contributed by atoms with Crippen LogP contribution in [-0.2, 0) is 0 Å². The molecule has 2 rings (SSSR count). The van der Waals surface area contributed by atoms with E-state index in [1.165, 1.54) is 0 Å². The van der Waals surface area contributed by atoms with Gasteiger partial charge in [0.1, 0.15) is 5.75 Å². The van der Waals surface area contributed by atoms with E-state index in [0.29, 0.717) is 11.7 Å². The van der Waals surface area contributed by atoms with Crippen LogP contribution in [0.4, 0.5) is 0 Å². The summed E-state index contributed by atoms with van der Waals surface area (Å²) in [7, 11) is 1.63. The van der Waals surface area contributed by atoms with E-state index in [4.69, 9.17) is 14.9 Å². The quantitative estimate of drug-likeness (QED) is 0.859. The van der Waals surface area contributed by atoms with Crippen LogP contribution >= 0.6 is 0 Å². The van der Waals surface area contributed by atoms with Gasteiger partial charge in [0.2, 0.25) is 5.89 Å². The minimum atomic E-state index is -0.195. The monoisotopic (exact) mass is 218 g/mol. The minimum Gasteiger partial charge on any atom is -0.497 e. The zero-order chi connectivity index (χ0) is 11.5. The Labute approximate surface area is 94.1 Å². The Balaban J connectivity index is 2.34. The smallest absolute Gasteiger partial charge is 0.211 e. The fourth-order valence-electron chi connectivity index (χ4n) is 1.41. The van der Waals surface area contributed by atoms with Crippen LogP contribution < -0.4 is 10.5 Å². The first-order chi connectivity index (χ1) is 7.70. The summed E-state index contributed by atoms with van der Waals surface area (Å²) < 4.78 is 10.7. The lowest BCUT2D eigenvalue weighted by Gasteiger charge is -2.01. The van der Waals surface area contributed by atoms with Gasteiger partial charge in [0.15, 0.2) is 5.76 Å². The maximum atomic E-state index is 5.68. The number of nitrogens with two attached hydrogens (primary N) is 1. The van der Waals surface area contributed by atoms with E-state index in [1.807, 2.05) is 31.2 Å². The Morgan fingerprint density at radius 1 is 1.44 bits per heavy atom. The second-order valence-corrected chi connectivity index (χ2v) is 3.58. The van der Waals surface area contributed by atoms with E-state index in [1.54, 1.807) is 13.3 Å². The van der Waals surface area contributed by atoms with Crippen LogP contribution in [0.25, 0.3) is 11.3 Å². The molecule has 2 aromatic rings. The highest BCUT2D eigenvalue weighted by molar-refractivity contribution is 5.58. The van der Waals surface area contributed by atoms with Crippen molar-refractivity contribution in [2.45, 2.75) is 13.0 Å². The molecule has 16 heavy (non-hydrogen) atoms. The number of rotatable bonds is 3. The topological polar surface area (TPSA) is 61.3 Å². The number of nitrogens with zero attached hydrogens (tertiary/aromatic N) is 1. The molecule has 0 saturated heterocycles. The molecular formula is C12H14N2O2. The Morgan fingerprint density at radius 3 is 2.88 bits per heavy atom. The van der Waals surface area contributed by atoms with Gasteiger partial charge < -0.3 is 14.9 Å². The predicted octanol–water partition coefficient (Wildman–Crippen LogP) is 2.37. The summed E-state index contributed by atoms with van der Waals surface area (Å²) in [6, 6.07) is 7.42. The van der Waals surface area contributed by atoms with Crippen molar-refractivity contribution < 1.29 is 9.15 Å². The fourth-order valence-corrected chi connectivity index (χ4v) is 1.41. The summed E-state index contributed by atoms with van der Waals surface area (Å²) in [6.07, 6.45) is 1.67. The first kappa shape index (κ1) is 10.7. The molecule has 0 saturated carbocycles. The molecule has 1 atom stereocenters. The number of methoxy groups -OCH3 is 1. The molecular weight excluding hydrogens is 204 g/mol. The van der Waals surface area contributed by atoms with Crippen molar-refractivity contribution in [3.8, 4) is 17.1 Å². The lowest BCUT2D eigenvalue weighted by atomic mass is 10.2. The summed E-state index contributed by atoms with van der Waals surface area (Å²) in [6.45, 7) is 1.83. The van der Waals surface area contributed by atoms with Crippen LogP contribution in [0, 0.1) is 0 Å². The van der Waals surface area contributed by atoms with E-state index >= 15 is 0 Å². The highest BCUT2D eigenvalue weighted by atomic mass is 16.5. The standard InChI is InChI=1S/C12H14N2O2/c1-8(13)12-14-7-11(16-12)9-4-3-5-10(6-9)15-2/h3-8H,13H2,1-2H3. The van der Waals surface area contributed by atoms with E-state index in [0.717, 1.165) is 11.3 Å². The van der Waals surface area contributed by atoms with Crippen LogP contribution in [0.15, 0.2) is 34.9 Å². The minimum absolute atomic E-state index is 0.195. The summed E-state index contributed by atoms with van der Waals surface area (Å²) in [5.74, 6) is 2.03. The van der Waals surface area contributed by atoms with E-state index in [-0.39, 0.29) is 6.04 Å². The molecule has 1 aromatic heterocycles. The van der Waals surface area contributed by atoms with Gasteiger partial charge in [-0.3, -0.25) is 0 Å². The summed E-state index contributed by atoms with van der Waals surface area (Å²) >= 11 is 0. The molecule has 0 radical (unpaired) electrons. The lowest BCUT2D eigenvalue weighted by molar-refractivity contribution is 0.414. The molecule has 4 nitrogen and oxygen atoms in total. The fraction of sp³-hybridized carbons (Fsp3) is 0.250. The lowest BCUT2D eigenvalue weighted by Crippen LogP contribution is -2.04. The maximum Gasteiger partial charge on any atom is 0.211 e. The van der Waals surface area contributed by atoms with Gasteiger partial charge in [-0.25, -0.2) is 4.98 Å². The molecule has 4 heteroatoms. The number of aromatic nitrogens is 1. The van der Waals surface area contributed by atoms with Crippen molar-refractivity contribution in [1.82, 2.24) is 4.98 Å². The van der Waals surface area contributed by atoms with Gasteiger partial charge in [-0.2, -0.15) is 0 Å². The van der Waals surface area contributed by atoms with E-state index in [2.05, 4.69) is 4.98 Å². The number of benzene rings is 1. The molecule has 0 spiro atoms. The second-order valence-electron chi connectivity index (χ2n) is 3.58. The Morgan fingerprint density at radius 2 is 2.25 bits per heavy atom. The van der Waals surface area contributed by atoms with Gasteiger partial charge >= 0.3 is 0 Å². The van der Waals surface area contributed by atoms with Crippen molar-refractivity contribution in [2.75, 3.05) is 7.11 Å². The van der Waals surface area contributed by atoms with Crippen molar-refractivity contribution >= 4 is 0 Å². The van der Waals surface area contributed by atoms with Gasteiger partial charge in [-0.1, -0.05) is 12.1 Å². The predicted molar refractivity (Wildman–Crippen MR) is 61.1 cm³/mol. The molecule has 84 valence electrons. The van der Waals surface area contributed by atoms with Gasteiger partial charge in [0, 0.05) is 5.56 Å². The third-order valence-electron chi connectivity index (χ3n) is 2.27. The van der Waals surface area contributed by atoms with Gasteiger partial charge in [-0.05, 0) is 19.1 Å². The van der Waals surface area contributed by atoms with Crippen molar-refractivity contribution in [1.29, 1.82) is 0 Å². The second kappa shape index (κ2) is 4.37. The first-order valence-electron chi connectivity index (χ1n) is 5.06. The Kier molecular flexibility index (Phi) is 2.92. The number of hydrogen-bond acceptors (Lipinski definition) is 4. The highest BCUT2D eigenvalue weighted by Crippen LogP contribution is 2.25. The third kappa shape index (κ3) is 2.06. The maximum absolute atomic E-state index is 5.68. The van der Waals surface area contributed by atoms with Crippen molar-refractivity contribution in [3.63, 3.8) is 0 Å². The first-order valence-corrected chi connectivity index (χ1v) is 5.06.